The van der Waals surface area contributed by atoms with Crippen LogP contribution in [0.1, 0.15) is 36.7 Å². The Kier molecular flexibility index (Phi) is 5.54. The van der Waals surface area contributed by atoms with Crippen LogP contribution in [0, 0.1) is 13.8 Å². The molecule has 5 heteroatoms. The molecule has 2 heterocycles. The highest BCUT2D eigenvalue weighted by atomic mass is 35.5. The summed E-state index contributed by atoms with van der Waals surface area (Å²) >= 11 is 6.47. The van der Waals surface area contributed by atoms with Gasteiger partial charge in [-0.3, -0.25) is 0 Å². The van der Waals surface area contributed by atoms with E-state index in [1.54, 1.807) is 0 Å². The molecule has 0 radical (unpaired) electrons. The monoisotopic (exact) mass is 404 g/mol. The van der Waals surface area contributed by atoms with Gasteiger partial charge in [0.05, 0.1) is 11.3 Å². The third kappa shape index (κ3) is 3.99. The van der Waals surface area contributed by atoms with Gasteiger partial charge in [0, 0.05) is 28.0 Å². The zero-order chi connectivity index (χ0) is 20.4. The lowest BCUT2D eigenvalue weighted by Gasteiger charge is -2.11. The molecule has 2 aromatic heterocycles. The molecule has 0 amide bonds. The molecule has 0 aliphatic carbocycles. The Hall–Kier alpha value is -2.85. The third-order valence-electron chi connectivity index (χ3n) is 5.08. The summed E-state index contributed by atoms with van der Waals surface area (Å²) in [6, 6.07) is 18.5. The first-order valence-electron chi connectivity index (χ1n) is 10.0. The molecule has 0 fully saturated rings. The third-order valence-corrected chi connectivity index (χ3v) is 5.41. The summed E-state index contributed by atoms with van der Waals surface area (Å²) in [4.78, 5) is 4.77. The van der Waals surface area contributed by atoms with Crippen LogP contribution in [0.2, 0.25) is 5.02 Å². The molecule has 0 bridgehead atoms. The zero-order valence-electron chi connectivity index (χ0n) is 17.0. The van der Waals surface area contributed by atoms with Crippen molar-refractivity contribution in [1.82, 2.24) is 14.6 Å². The SMILES string of the molecule is CCCCc1ccc(Nc2cc(C)nc3c(-c4ccccc4Cl)c(C)nn23)cc1. The molecule has 0 saturated carbocycles. The molecule has 0 aliphatic rings. The number of aryl methyl sites for hydroxylation is 3. The van der Waals surface area contributed by atoms with Gasteiger partial charge in [-0.15, -0.1) is 0 Å². The van der Waals surface area contributed by atoms with Crippen molar-refractivity contribution in [2.75, 3.05) is 5.32 Å². The van der Waals surface area contributed by atoms with E-state index in [9.17, 15) is 0 Å². The standard InChI is InChI=1S/C24H25ClN4/c1-4-5-8-18-11-13-19(14-12-18)27-22-15-16(2)26-24-23(17(3)28-29(22)24)20-9-6-7-10-21(20)25/h6-7,9-15,27H,4-5,8H2,1-3H3. The fraction of sp³-hybridized carbons (Fsp3) is 0.250. The van der Waals surface area contributed by atoms with Gasteiger partial charge in [-0.2, -0.15) is 9.61 Å². The second-order valence-corrected chi connectivity index (χ2v) is 7.79. The predicted octanol–water partition coefficient (Wildman–Crippen LogP) is 6.75. The van der Waals surface area contributed by atoms with Crippen molar-refractivity contribution in [3.8, 4) is 11.1 Å². The summed E-state index contributed by atoms with van der Waals surface area (Å²) in [6.07, 6.45) is 3.55. The minimum atomic E-state index is 0.700. The largest absolute Gasteiger partial charge is 0.340 e. The van der Waals surface area contributed by atoms with Gasteiger partial charge in [0.1, 0.15) is 5.82 Å². The lowest BCUT2D eigenvalue weighted by Crippen LogP contribution is -2.02. The molecular weight excluding hydrogens is 380 g/mol. The average Bonchev–Trinajstić information content (AvgIpc) is 3.04. The first kappa shape index (κ1) is 19.5. The Morgan fingerprint density at radius 1 is 1.03 bits per heavy atom. The molecule has 0 saturated heterocycles. The molecule has 2 aromatic carbocycles. The Labute approximate surface area is 176 Å². The molecule has 4 nitrogen and oxygen atoms in total. The number of halogens is 1. The van der Waals surface area contributed by atoms with E-state index in [0.717, 1.165) is 46.1 Å². The fourth-order valence-corrected chi connectivity index (χ4v) is 3.83. The minimum absolute atomic E-state index is 0.700. The highest BCUT2D eigenvalue weighted by Gasteiger charge is 2.18. The van der Waals surface area contributed by atoms with Gasteiger partial charge in [0.25, 0.3) is 0 Å². The molecule has 148 valence electrons. The molecule has 0 unspecified atom stereocenters. The normalized spacial score (nSPS) is 11.2. The summed E-state index contributed by atoms with van der Waals surface area (Å²) in [6.45, 7) is 6.21. The van der Waals surface area contributed by atoms with Crippen molar-refractivity contribution < 1.29 is 0 Å². The fourth-order valence-electron chi connectivity index (χ4n) is 3.60. The zero-order valence-corrected chi connectivity index (χ0v) is 17.8. The molecule has 0 spiro atoms. The Morgan fingerprint density at radius 2 is 1.79 bits per heavy atom. The van der Waals surface area contributed by atoms with E-state index >= 15 is 0 Å². The molecule has 0 aliphatic heterocycles. The summed E-state index contributed by atoms with van der Waals surface area (Å²) in [7, 11) is 0. The average molecular weight is 405 g/mol. The highest BCUT2D eigenvalue weighted by molar-refractivity contribution is 6.33. The second kappa shape index (κ2) is 8.26. The van der Waals surface area contributed by atoms with Crippen molar-refractivity contribution in [2.45, 2.75) is 40.0 Å². The Morgan fingerprint density at radius 3 is 2.52 bits per heavy atom. The van der Waals surface area contributed by atoms with Gasteiger partial charge in [0.15, 0.2) is 5.65 Å². The van der Waals surface area contributed by atoms with Gasteiger partial charge in [-0.1, -0.05) is 55.3 Å². The molecule has 0 atom stereocenters. The summed E-state index contributed by atoms with van der Waals surface area (Å²) < 4.78 is 1.87. The van der Waals surface area contributed by atoms with Crippen LogP contribution in [-0.2, 0) is 6.42 Å². The molecule has 29 heavy (non-hydrogen) atoms. The second-order valence-electron chi connectivity index (χ2n) is 7.38. The number of benzene rings is 2. The smallest absolute Gasteiger partial charge is 0.165 e. The molecule has 1 N–H and O–H groups in total. The van der Waals surface area contributed by atoms with E-state index in [1.165, 1.54) is 18.4 Å². The van der Waals surface area contributed by atoms with Crippen LogP contribution in [0.25, 0.3) is 16.8 Å². The Bertz CT molecular complexity index is 1150. The summed E-state index contributed by atoms with van der Waals surface area (Å²) in [5.74, 6) is 0.884. The molecular formula is C24H25ClN4. The number of unbranched alkanes of at least 4 members (excludes halogenated alkanes) is 1. The van der Waals surface area contributed by atoms with E-state index < -0.39 is 0 Å². The number of fused-ring (bicyclic) bond motifs is 1. The number of aromatic nitrogens is 3. The Balaban J connectivity index is 1.74. The van der Waals surface area contributed by atoms with Gasteiger partial charge < -0.3 is 5.32 Å². The lowest BCUT2D eigenvalue weighted by atomic mass is 10.1. The van der Waals surface area contributed by atoms with E-state index in [4.69, 9.17) is 21.7 Å². The number of anilines is 2. The van der Waals surface area contributed by atoms with Crippen LogP contribution in [0.4, 0.5) is 11.5 Å². The van der Waals surface area contributed by atoms with E-state index in [-0.39, 0.29) is 0 Å². The van der Waals surface area contributed by atoms with Crippen molar-refractivity contribution in [3.63, 3.8) is 0 Å². The van der Waals surface area contributed by atoms with Crippen molar-refractivity contribution >= 4 is 28.8 Å². The quantitative estimate of drug-likeness (QED) is 0.386. The van der Waals surface area contributed by atoms with Crippen molar-refractivity contribution in [1.29, 1.82) is 0 Å². The molecule has 4 rings (SSSR count). The van der Waals surface area contributed by atoms with Crippen molar-refractivity contribution in [2.24, 2.45) is 0 Å². The lowest BCUT2D eigenvalue weighted by molar-refractivity contribution is 0.795. The number of nitrogens with zero attached hydrogens (tertiary/aromatic N) is 3. The van der Waals surface area contributed by atoms with E-state index in [0.29, 0.717) is 5.02 Å². The minimum Gasteiger partial charge on any atom is -0.340 e. The van der Waals surface area contributed by atoms with Crippen molar-refractivity contribution in [3.05, 3.63) is 76.6 Å². The van der Waals surface area contributed by atoms with Crippen LogP contribution in [0.3, 0.4) is 0 Å². The predicted molar refractivity (Wildman–Crippen MR) is 121 cm³/mol. The van der Waals surface area contributed by atoms with Crippen LogP contribution in [0.15, 0.2) is 54.6 Å². The van der Waals surface area contributed by atoms with E-state index in [2.05, 4.69) is 36.5 Å². The van der Waals surface area contributed by atoms with Crippen LogP contribution in [0.5, 0.6) is 0 Å². The maximum Gasteiger partial charge on any atom is 0.165 e. The number of rotatable bonds is 6. The summed E-state index contributed by atoms with van der Waals surface area (Å²) in [5.41, 5.74) is 6.94. The van der Waals surface area contributed by atoms with Crippen LogP contribution >= 0.6 is 11.6 Å². The summed E-state index contributed by atoms with van der Waals surface area (Å²) in [5, 5.41) is 8.96. The number of nitrogens with one attached hydrogen (secondary N) is 1. The highest BCUT2D eigenvalue weighted by Crippen LogP contribution is 2.34. The van der Waals surface area contributed by atoms with E-state index in [1.807, 2.05) is 48.7 Å². The molecule has 4 aromatic rings. The van der Waals surface area contributed by atoms with Crippen LogP contribution < -0.4 is 5.32 Å². The van der Waals surface area contributed by atoms with Gasteiger partial charge in [-0.05, 0) is 50.5 Å². The number of hydrogen-bond acceptors (Lipinski definition) is 3. The maximum atomic E-state index is 6.47. The van der Waals surface area contributed by atoms with Crippen LogP contribution in [-0.4, -0.2) is 14.6 Å². The maximum absolute atomic E-state index is 6.47. The first-order chi connectivity index (χ1) is 14.1. The number of hydrogen-bond donors (Lipinski definition) is 1. The first-order valence-corrected chi connectivity index (χ1v) is 10.4. The van der Waals surface area contributed by atoms with Gasteiger partial charge in [0.2, 0.25) is 0 Å². The van der Waals surface area contributed by atoms with Gasteiger partial charge >= 0.3 is 0 Å². The van der Waals surface area contributed by atoms with Gasteiger partial charge in [-0.25, -0.2) is 4.98 Å². The topological polar surface area (TPSA) is 42.2 Å².